The number of halogens is 3. The van der Waals surface area contributed by atoms with Crippen molar-refractivity contribution >= 4 is 29.1 Å². The maximum atomic E-state index is 12.1. The summed E-state index contributed by atoms with van der Waals surface area (Å²) in [4.78, 5) is 23.2. The number of alkyl halides is 2. The molecular weight excluding hydrogens is 358 g/mol. The Morgan fingerprint density at radius 1 is 1.16 bits per heavy atom. The minimum Gasteiger partial charge on any atom is -0.483 e. The molecule has 0 heterocycles. The second-order valence-corrected chi connectivity index (χ2v) is 5.18. The number of benzene rings is 2. The van der Waals surface area contributed by atoms with Gasteiger partial charge in [0.1, 0.15) is 11.5 Å². The van der Waals surface area contributed by atoms with Crippen LogP contribution >= 0.6 is 11.6 Å². The van der Waals surface area contributed by atoms with E-state index in [2.05, 4.69) is 10.1 Å². The Balaban J connectivity index is 1.94. The van der Waals surface area contributed by atoms with Crippen molar-refractivity contribution < 1.29 is 27.8 Å². The Bertz CT molecular complexity index is 769. The van der Waals surface area contributed by atoms with Crippen LogP contribution in [0.15, 0.2) is 42.5 Å². The van der Waals surface area contributed by atoms with Gasteiger partial charge >= 0.3 is 6.61 Å². The van der Waals surface area contributed by atoms with E-state index in [1.54, 1.807) is 0 Å². The largest absolute Gasteiger partial charge is 0.483 e. The number of nitrogens with one attached hydrogen (secondary N) is 1. The number of primary amides is 1. The van der Waals surface area contributed by atoms with Crippen molar-refractivity contribution in [2.75, 3.05) is 11.9 Å². The van der Waals surface area contributed by atoms with Crippen molar-refractivity contribution in [1.82, 2.24) is 0 Å². The molecule has 0 aliphatic heterocycles. The Labute approximate surface area is 146 Å². The van der Waals surface area contributed by atoms with Crippen molar-refractivity contribution in [2.24, 2.45) is 5.73 Å². The summed E-state index contributed by atoms with van der Waals surface area (Å²) in [6.07, 6.45) is 0. The first-order valence-corrected chi connectivity index (χ1v) is 7.30. The number of carbonyl (C=O) groups is 2. The minimum atomic E-state index is -2.92. The lowest BCUT2D eigenvalue weighted by Gasteiger charge is -2.11. The quantitative estimate of drug-likeness (QED) is 0.783. The molecule has 2 aromatic carbocycles. The van der Waals surface area contributed by atoms with E-state index in [-0.39, 0.29) is 17.1 Å². The standard InChI is InChI=1S/C16H13ClF2N2O4/c17-9-1-6-13(12(7-9)15(20)23)24-8-14(22)21-10-2-4-11(5-3-10)25-16(18)19/h1-7,16H,8H2,(H2,20,23)(H,21,22). The number of carbonyl (C=O) groups excluding carboxylic acids is 2. The molecule has 2 amide bonds. The Morgan fingerprint density at radius 2 is 1.84 bits per heavy atom. The number of nitrogens with two attached hydrogens (primary N) is 1. The van der Waals surface area contributed by atoms with Crippen LogP contribution in [0.4, 0.5) is 14.5 Å². The maximum Gasteiger partial charge on any atom is 0.387 e. The molecular formula is C16H13ClF2N2O4. The molecule has 0 unspecified atom stereocenters. The number of hydrogen-bond acceptors (Lipinski definition) is 4. The first-order chi connectivity index (χ1) is 11.8. The number of anilines is 1. The van der Waals surface area contributed by atoms with Crippen molar-refractivity contribution in [2.45, 2.75) is 6.61 Å². The fraction of sp³-hybridized carbons (Fsp3) is 0.125. The van der Waals surface area contributed by atoms with E-state index < -0.39 is 25.0 Å². The molecule has 132 valence electrons. The van der Waals surface area contributed by atoms with E-state index in [0.29, 0.717) is 10.7 Å². The summed E-state index contributed by atoms with van der Waals surface area (Å²) < 4.78 is 33.6. The van der Waals surface area contributed by atoms with E-state index in [1.807, 2.05) is 0 Å². The van der Waals surface area contributed by atoms with Gasteiger partial charge in [-0.3, -0.25) is 9.59 Å². The molecule has 0 aliphatic carbocycles. The average molecular weight is 371 g/mol. The monoisotopic (exact) mass is 370 g/mol. The zero-order valence-corrected chi connectivity index (χ0v) is 13.4. The molecule has 3 N–H and O–H groups in total. The first kappa shape index (κ1) is 18.5. The van der Waals surface area contributed by atoms with Gasteiger partial charge in [-0.2, -0.15) is 8.78 Å². The molecule has 6 nitrogen and oxygen atoms in total. The van der Waals surface area contributed by atoms with Crippen molar-refractivity contribution in [3.63, 3.8) is 0 Å². The minimum absolute atomic E-state index is 0.0310. The molecule has 0 saturated carbocycles. The van der Waals surface area contributed by atoms with Gasteiger partial charge in [0.25, 0.3) is 11.8 Å². The van der Waals surface area contributed by atoms with Crippen LogP contribution < -0.4 is 20.5 Å². The SMILES string of the molecule is NC(=O)c1cc(Cl)ccc1OCC(=O)Nc1ccc(OC(F)F)cc1. The lowest BCUT2D eigenvalue weighted by molar-refractivity contribution is -0.118. The molecule has 0 saturated heterocycles. The molecule has 0 aliphatic rings. The van der Waals surface area contributed by atoms with E-state index >= 15 is 0 Å². The number of ether oxygens (including phenoxy) is 2. The topological polar surface area (TPSA) is 90.7 Å². The summed E-state index contributed by atoms with van der Waals surface area (Å²) in [5.74, 6) is -1.18. The summed E-state index contributed by atoms with van der Waals surface area (Å²) in [7, 11) is 0. The molecule has 2 aromatic rings. The number of rotatable bonds is 7. The van der Waals surface area contributed by atoms with Crippen LogP contribution in [0.3, 0.4) is 0 Å². The van der Waals surface area contributed by atoms with Gasteiger partial charge in [-0.1, -0.05) is 11.6 Å². The molecule has 0 bridgehead atoms. The maximum absolute atomic E-state index is 12.1. The normalized spacial score (nSPS) is 10.4. The summed E-state index contributed by atoms with van der Waals surface area (Å²) in [6.45, 7) is -3.32. The third-order valence-corrected chi connectivity index (χ3v) is 3.16. The molecule has 0 fully saturated rings. The van der Waals surface area contributed by atoms with E-state index in [0.717, 1.165) is 0 Å². The fourth-order valence-corrected chi connectivity index (χ4v) is 2.05. The fourth-order valence-electron chi connectivity index (χ4n) is 1.88. The second-order valence-electron chi connectivity index (χ2n) is 4.74. The van der Waals surface area contributed by atoms with E-state index in [9.17, 15) is 18.4 Å². The Hall–Kier alpha value is -2.87. The van der Waals surface area contributed by atoms with Crippen LogP contribution in [0, 0.1) is 0 Å². The molecule has 2 rings (SSSR count). The van der Waals surface area contributed by atoms with Crippen LogP contribution in [-0.4, -0.2) is 25.0 Å². The van der Waals surface area contributed by atoms with Crippen LogP contribution in [-0.2, 0) is 4.79 Å². The number of amides is 2. The van der Waals surface area contributed by atoms with E-state index in [1.165, 1.54) is 42.5 Å². The van der Waals surface area contributed by atoms with Gasteiger partial charge < -0.3 is 20.5 Å². The van der Waals surface area contributed by atoms with Gasteiger partial charge in [-0.05, 0) is 42.5 Å². The highest BCUT2D eigenvalue weighted by atomic mass is 35.5. The van der Waals surface area contributed by atoms with E-state index in [4.69, 9.17) is 22.1 Å². The Morgan fingerprint density at radius 3 is 2.44 bits per heavy atom. The molecule has 0 aromatic heterocycles. The molecule has 25 heavy (non-hydrogen) atoms. The van der Waals surface area contributed by atoms with Gasteiger partial charge in [0, 0.05) is 10.7 Å². The molecule has 0 atom stereocenters. The predicted octanol–water partition coefficient (Wildman–Crippen LogP) is 3.06. The van der Waals surface area contributed by atoms with Crippen molar-refractivity contribution in [1.29, 1.82) is 0 Å². The molecule has 0 radical (unpaired) electrons. The third kappa shape index (κ3) is 5.61. The van der Waals surface area contributed by atoms with Gasteiger partial charge in [-0.25, -0.2) is 0 Å². The zero-order valence-electron chi connectivity index (χ0n) is 12.7. The lowest BCUT2D eigenvalue weighted by atomic mass is 10.2. The van der Waals surface area contributed by atoms with Crippen molar-refractivity contribution in [3.05, 3.63) is 53.1 Å². The highest BCUT2D eigenvalue weighted by Crippen LogP contribution is 2.22. The number of hydrogen-bond donors (Lipinski definition) is 2. The highest BCUT2D eigenvalue weighted by molar-refractivity contribution is 6.31. The van der Waals surface area contributed by atoms with Gasteiger partial charge in [0.05, 0.1) is 5.56 Å². The smallest absolute Gasteiger partial charge is 0.387 e. The predicted molar refractivity (Wildman–Crippen MR) is 87.2 cm³/mol. The summed E-state index contributed by atoms with van der Waals surface area (Å²) in [5, 5.41) is 2.81. The summed E-state index contributed by atoms with van der Waals surface area (Å²) in [6, 6.07) is 9.60. The third-order valence-electron chi connectivity index (χ3n) is 2.93. The van der Waals surface area contributed by atoms with Crippen LogP contribution in [0.1, 0.15) is 10.4 Å². The summed E-state index contributed by atoms with van der Waals surface area (Å²) >= 11 is 5.78. The van der Waals surface area contributed by atoms with Crippen molar-refractivity contribution in [3.8, 4) is 11.5 Å². The average Bonchev–Trinajstić information content (AvgIpc) is 2.55. The van der Waals surface area contributed by atoms with Gasteiger partial charge in [-0.15, -0.1) is 0 Å². The second kappa shape index (κ2) is 8.29. The van der Waals surface area contributed by atoms with Crippen LogP contribution in [0.25, 0.3) is 0 Å². The molecule has 0 spiro atoms. The van der Waals surface area contributed by atoms with Gasteiger partial charge in [0.15, 0.2) is 6.61 Å². The van der Waals surface area contributed by atoms with Crippen LogP contribution in [0.2, 0.25) is 5.02 Å². The van der Waals surface area contributed by atoms with Crippen LogP contribution in [0.5, 0.6) is 11.5 Å². The molecule has 9 heteroatoms. The zero-order chi connectivity index (χ0) is 18.4. The summed E-state index contributed by atoms with van der Waals surface area (Å²) in [5.41, 5.74) is 5.63. The lowest BCUT2D eigenvalue weighted by Crippen LogP contribution is -2.21. The van der Waals surface area contributed by atoms with Gasteiger partial charge in [0.2, 0.25) is 0 Å². The highest BCUT2D eigenvalue weighted by Gasteiger charge is 2.12. The first-order valence-electron chi connectivity index (χ1n) is 6.92. The Kier molecular flexibility index (Phi) is 6.13.